The summed E-state index contributed by atoms with van der Waals surface area (Å²) in [5.74, 6) is 2.90. The first-order valence-corrected chi connectivity index (χ1v) is 8.28. The summed E-state index contributed by atoms with van der Waals surface area (Å²) in [7, 11) is 0. The van der Waals surface area contributed by atoms with E-state index < -0.39 is 0 Å². The van der Waals surface area contributed by atoms with E-state index in [9.17, 15) is 0 Å². The van der Waals surface area contributed by atoms with E-state index >= 15 is 0 Å². The third-order valence-corrected chi connectivity index (χ3v) is 5.84. The summed E-state index contributed by atoms with van der Waals surface area (Å²) in [6, 6.07) is 9.61. The second-order valence-electron chi connectivity index (χ2n) is 5.79. The predicted molar refractivity (Wildman–Crippen MR) is 79.3 cm³/mol. The van der Waals surface area contributed by atoms with Crippen LogP contribution >= 0.6 is 11.8 Å². The molecule has 1 N–H and O–H groups in total. The summed E-state index contributed by atoms with van der Waals surface area (Å²) >= 11 is 2.02. The molecular formula is C16H23NS. The number of nitrogens with one attached hydrogen (secondary N) is 1. The van der Waals surface area contributed by atoms with Crippen molar-refractivity contribution in [3.63, 3.8) is 0 Å². The van der Waals surface area contributed by atoms with Gasteiger partial charge in [-0.15, -0.1) is 11.8 Å². The van der Waals surface area contributed by atoms with E-state index in [1.807, 2.05) is 11.8 Å². The lowest BCUT2D eigenvalue weighted by Gasteiger charge is -2.22. The van der Waals surface area contributed by atoms with Crippen molar-refractivity contribution in [1.82, 2.24) is 5.32 Å². The molecular weight excluding hydrogens is 238 g/mol. The van der Waals surface area contributed by atoms with Crippen molar-refractivity contribution in [1.29, 1.82) is 0 Å². The van der Waals surface area contributed by atoms with Gasteiger partial charge in [0.05, 0.1) is 0 Å². The highest BCUT2D eigenvalue weighted by Crippen LogP contribution is 2.39. The molecule has 1 saturated carbocycles. The van der Waals surface area contributed by atoms with Crippen molar-refractivity contribution in [3.05, 3.63) is 29.8 Å². The van der Waals surface area contributed by atoms with Crippen LogP contribution in [-0.2, 0) is 0 Å². The second kappa shape index (κ2) is 5.66. The van der Waals surface area contributed by atoms with Crippen LogP contribution in [0, 0.1) is 5.92 Å². The average molecular weight is 261 g/mol. The van der Waals surface area contributed by atoms with Gasteiger partial charge in [-0.3, -0.25) is 0 Å². The van der Waals surface area contributed by atoms with Crippen LogP contribution in [0.5, 0.6) is 0 Å². The summed E-state index contributed by atoms with van der Waals surface area (Å²) in [6.45, 7) is 3.53. The smallest absolute Gasteiger partial charge is 0.0108 e. The summed E-state index contributed by atoms with van der Waals surface area (Å²) in [5.41, 5.74) is 1.56. The number of hydrogen-bond donors (Lipinski definition) is 1. The van der Waals surface area contributed by atoms with Gasteiger partial charge in [0.15, 0.2) is 0 Å². The largest absolute Gasteiger partial charge is 0.313 e. The lowest BCUT2D eigenvalue weighted by molar-refractivity contribution is 0.376. The van der Waals surface area contributed by atoms with Gasteiger partial charge in [0, 0.05) is 29.2 Å². The van der Waals surface area contributed by atoms with E-state index in [4.69, 9.17) is 0 Å². The van der Waals surface area contributed by atoms with E-state index in [2.05, 4.69) is 36.5 Å². The maximum Gasteiger partial charge on any atom is 0.0108 e. The van der Waals surface area contributed by atoms with Crippen molar-refractivity contribution in [2.75, 3.05) is 12.3 Å². The molecule has 1 aromatic carbocycles. The standard InChI is InChI=1S/C16H23NS/c1-12(13-6-2-3-7-13)17-10-14-11-18-16-9-5-4-8-15(14)16/h4-5,8-9,12-14,17H,2-3,6-7,10-11H2,1H3/t12-,14?/m1/s1. The van der Waals surface area contributed by atoms with Crippen LogP contribution in [0.15, 0.2) is 29.2 Å². The zero-order valence-electron chi connectivity index (χ0n) is 11.2. The molecule has 1 fully saturated rings. The maximum absolute atomic E-state index is 3.79. The van der Waals surface area contributed by atoms with Gasteiger partial charge in [0.1, 0.15) is 0 Å². The van der Waals surface area contributed by atoms with Crippen molar-refractivity contribution in [3.8, 4) is 0 Å². The summed E-state index contributed by atoms with van der Waals surface area (Å²) < 4.78 is 0. The molecule has 3 rings (SSSR count). The maximum atomic E-state index is 3.79. The fourth-order valence-corrected chi connectivity index (χ4v) is 4.60. The minimum Gasteiger partial charge on any atom is -0.313 e. The molecule has 1 aromatic rings. The van der Waals surface area contributed by atoms with Crippen molar-refractivity contribution >= 4 is 11.8 Å². The fraction of sp³-hybridized carbons (Fsp3) is 0.625. The summed E-state index contributed by atoms with van der Waals surface area (Å²) in [6.07, 6.45) is 5.76. The third-order valence-electron chi connectivity index (χ3n) is 4.59. The Morgan fingerprint density at radius 1 is 1.28 bits per heavy atom. The van der Waals surface area contributed by atoms with Gasteiger partial charge in [0.25, 0.3) is 0 Å². The van der Waals surface area contributed by atoms with Crippen molar-refractivity contribution < 1.29 is 0 Å². The Labute approximate surface area is 115 Å². The number of hydrogen-bond acceptors (Lipinski definition) is 2. The zero-order chi connectivity index (χ0) is 12.4. The van der Waals surface area contributed by atoms with Crippen LogP contribution in [0.1, 0.15) is 44.1 Å². The van der Waals surface area contributed by atoms with E-state index in [-0.39, 0.29) is 0 Å². The van der Waals surface area contributed by atoms with Crippen LogP contribution in [-0.4, -0.2) is 18.3 Å². The van der Waals surface area contributed by atoms with E-state index in [0.717, 1.165) is 18.4 Å². The van der Waals surface area contributed by atoms with E-state index in [0.29, 0.717) is 6.04 Å². The molecule has 18 heavy (non-hydrogen) atoms. The topological polar surface area (TPSA) is 12.0 Å². The van der Waals surface area contributed by atoms with Gasteiger partial charge >= 0.3 is 0 Å². The molecule has 1 aliphatic heterocycles. The Morgan fingerprint density at radius 2 is 2.06 bits per heavy atom. The second-order valence-corrected chi connectivity index (χ2v) is 6.85. The monoisotopic (exact) mass is 261 g/mol. The molecule has 0 bridgehead atoms. The molecule has 98 valence electrons. The van der Waals surface area contributed by atoms with Crippen LogP contribution in [0.25, 0.3) is 0 Å². The van der Waals surface area contributed by atoms with Crippen LogP contribution < -0.4 is 5.32 Å². The first kappa shape index (κ1) is 12.6. The highest BCUT2D eigenvalue weighted by Gasteiger charge is 2.25. The van der Waals surface area contributed by atoms with Gasteiger partial charge < -0.3 is 5.32 Å². The molecule has 1 aliphatic carbocycles. The minimum atomic E-state index is 0.699. The molecule has 0 spiro atoms. The van der Waals surface area contributed by atoms with Crippen molar-refractivity contribution in [2.45, 2.75) is 49.5 Å². The van der Waals surface area contributed by atoms with Gasteiger partial charge in [0.2, 0.25) is 0 Å². The Balaban J connectivity index is 1.55. The van der Waals surface area contributed by atoms with Crippen LogP contribution in [0.4, 0.5) is 0 Å². The minimum absolute atomic E-state index is 0.699. The Hall–Kier alpha value is -0.470. The van der Waals surface area contributed by atoms with Crippen LogP contribution in [0.2, 0.25) is 0 Å². The summed E-state index contributed by atoms with van der Waals surface area (Å²) in [5, 5.41) is 3.79. The molecule has 0 saturated heterocycles. The molecule has 0 radical (unpaired) electrons. The molecule has 1 unspecified atom stereocenters. The lowest BCUT2D eigenvalue weighted by atomic mass is 9.97. The first-order chi connectivity index (χ1) is 8.84. The molecule has 2 aliphatic rings. The van der Waals surface area contributed by atoms with Gasteiger partial charge in [-0.25, -0.2) is 0 Å². The molecule has 1 nitrogen and oxygen atoms in total. The highest BCUT2D eigenvalue weighted by molar-refractivity contribution is 7.99. The number of rotatable bonds is 4. The quantitative estimate of drug-likeness (QED) is 0.877. The van der Waals surface area contributed by atoms with Crippen molar-refractivity contribution in [2.24, 2.45) is 5.92 Å². The Morgan fingerprint density at radius 3 is 2.89 bits per heavy atom. The van der Waals surface area contributed by atoms with Gasteiger partial charge in [-0.2, -0.15) is 0 Å². The van der Waals surface area contributed by atoms with E-state index in [1.54, 1.807) is 5.56 Å². The Bertz CT molecular complexity index is 398. The highest BCUT2D eigenvalue weighted by atomic mass is 32.2. The molecule has 1 heterocycles. The molecule has 2 heteroatoms. The predicted octanol–water partition coefficient (Wildman–Crippen LogP) is 4.04. The van der Waals surface area contributed by atoms with Gasteiger partial charge in [-0.05, 0) is 37.3 Å². The fourth-order valence-electron chi connectivity index (χ4n) is 3.35. The average Bonchev–Trinajstić information content (AvgIpc) is 3.06. The Kier molecular flexibility index (Phi) is 3.95. The van der Waals surface area contributed by atoms with Crippen LogP contribution in [0.3, 0.4) is 0 Å². The van der Waals surface area contributed by atoms with E-state index in [1.165, 1.54) is 36.3 Å². The molecule has 0 aromatic heterocycles. The number of benzene rings is 1. The zero-order valence-corrected chi connectivity index (χ0v) is 12.0. The molecule has 2 atom stereocenters. The SMILES string of the molecule is C[C@@H](NCC1CSc2ccccc21)C1CCCC1. The lowest BCUT2D eigenvalue weighted by Crippen LogP contribution is -2.35. The third kappa shape index (κ3) is 2.60. The molecule has 0 amide bonds. The summed E-state index contributed by atoms with van der Waals surface area (Å²) in [4.78, 5) is 1.50. The number of fused-ring (bicyclic) bond motifs is 1. The first-order valence-electron chi connectivity index (χ1n) is 7.29. The number of thioether (sulfide) groups is 1. The normalized spacial score (nSPS) is 25.3. The van der Waals surface area contributed by atoms with Gasteiger partial charge in [-0.1, -0.05) is 31.0 Å².